The maximum atomic E-state index is 12.2. The van der Waals surface area contributed by atoms with Crippen LogP contribution in [0.3, 0.4) is 0 Å². The van der Waals surface area contributed by atoms with Gasteiger partial charge in [0.25, 0.3) is 0 Å². The third kappa shape index (κ3) is 3.49. The molecular formula is C18H25N3O2. The van der Waals surface area contributed by atoms with Gasteiger partial charge < -0.3 is 14.2 Å². The van der Waals surface area contributed by atoms with Gasteiger partial charge in [0.15, 0.2) is 0 Å². The molecule has 1 saturated heterocycles. The number of hydrogen-bond donors (Lipinski definition) is 0. The molecule has 0 radical (unpaired) electrons. The highest BCUT2D eigenvalue weighted by Crippen LogP contribution is 2.25. The number of ether oxygens (including phenoxy) is 1. The summed E-state index contributed by atoms with van der Waals surface area (Å²) in [5.74, 6) is 0.477. The van der Waals surface area contributed by atoms with Crippen molar-refractivity contribution in [1.82, 2.24) is 14.5 Å². The molecule has 0 N–H and O–H groups in total. The molecule has 3 rings (SSSR count). The Labute approximate surface area is 137 Å². The lowest BCUT2D eigenvalue weighted by atomic mass is 10.0. The van der Waals surface area contributed by atoms with Crippen LogP contribution in [0.5, 0.6) is 0 Å². The molecule has 5 nitrogen and oxygen atoms in total. The zero-order chi connectivity index (χ0) is 16.6. The number of carbonyl (C=O) groups is 1. The average molecular weight is 315 g/mol. The van der Waals surface area contributed by atoms with Crippen LogP contribution in [0.4, 0.5) is 4.79 Å². The fourth-order valence-corrected chi connectivity index (χ4v) is 3.20. The van der Waals surface area contributed by atoms with Crippen molar-refractivity contribution in [3.05, 3.63) is 30.1 Å². The van der Waals surface area contributed by atoms with Gasteiger partial charge in [-0.15, -0.1) is 0 Å². The largest absolute Gasteiger partial charge is 0.444 e. The first kappa shape index (κ1) is 15.8. The lowest BCUT2D eigenvalue weighted by Gasteiger charge is -2.24. The smallest absolute Gasteiger partial charge is 0.410 e. The summed E-state index contributed by atoms with van der Waals surface area (Å²) >= 11 is 0. The topological polar surface area (TPSA) is 47.4 Å². The van der Waals surface area contributed by atoms with Crippen molar-refractivity contribution in [2.45, 2.75) is 39.2 Å². The highest BCUT2D eigenvalue weighted by molar-refractivity contribution is 5.77. The lowest BCUT2D eigenvalue weighted by Crippen LogP contribution is -2.35. The van der Waals surface area contributed by atoms with E-state index in [-0.39, 0.29) is 6.09 Å². The van der Waals surface area contributed by atoms with Crippen molar-refractivity contribution in [1.29, 1.82) is 0 Å². The van der Waals surface area contributed by atoms with E-state index in [1.165, 1.54) is 11.1 Å². The zero-order valence-electron chi connectivity index (χ0n) is 14.4. The van der Waals surface area contributed by atoms with Crippen molar-refractivity contribution < 1.29 is 9.53 Å². The molecule has 0 saturated carbocycles. The molecule has 1 aliphatic rings. The Morgan fingerprint density at radius 3 is 2.91 bits per heavy atom. The fraction of sp³-hybridized carbons (Fsp3) is 0.556. The molecule has 2 aromatic rings. The van der Waals surface area contributed by atoms with E-state index >= 15 is 0 Å². The minimum atomic E-state index is -0.434. The molecule has 3 heterocycles. The van der Waals surface area contributed by atoms with Crippen LogP contribution in [-0.2, 0) is 18.2 Å². The first-order valence-electron chi connectivity index (χ1n) is 8.21. The molecule has 1 fully saturated rings. The van der Waals surface area contributed by atoms with E-state index in [9.17, 15) is 4.79 Å². The van der Waals surface area contributed by atoms with Crippen LogP contribution in [0.25, 0.3) is 11.0 Å². The molecule has 5 heteroatoms. The van der Waals surface area contributed by atoms with Crippen LogP contribution in [0.2, 0.25) is 0 Å². The van der Waals surface area contributed by atoms with Gasteiger partial charge in [-0.25, -0.2) is 9.78 Å². The minimum absolute atomic E-state index is 0.196. The monoisotopic (exact) mass is 315 g/mol. The molecule has 1 atom stereocenters. The number of aromatic nitrogens is 2. The van der Waals surface area contributed by atoms with E-state index in [2.05, 4.69) is 28.7 Å². The van der Waals surface area contributed by atoms with Crippen LogP contribution >= 0.6 is 0 Å². The molecule has 0 aliphatic carbocycles. The molecule has 1 unspecified atom stereocenters. The molecule has 124 valence electrons. The van der Waals surface area contributed by atoms with E-state index in [0.29, 0.717) is 5.92 Å². The van der Waals surface area contributed by atoms with E-state index in [1.807, 2.05) is 37.9 Å². The number of pyridine rings is 1. The van der Waals surface area contributed by atoms with Crippen LogP contribution in [0.1, 0.15) is 32.9 Å². The van der Waals surface area contributed by atoms with E-state index < -0.39 is 5.60 Å². The van der Waals surface area contributed by atoms with Gasteiger partial charge in [-0.1, -0.05) is 0 Å². The highest BCUT2D eigenvalue weighted by Gasteiger charge is 2.30. The summed E-state index contributed by atoms with van der Waals surface area (Å²) in [6, 6.07) is 6.26. The Balaban J connectivity index is 1.65. The van der Waals surface area contributed by atoms with E-state index in [1.54, 1.807) is 0 Å². The first-order valence-corrected chi connectivity index (χ1v) is 8.21. The Hall–Kier alpha value is -2.04. The summed E-state index contributed by atoms with van der Waals surface area (Å²) in [6.45, 7) is 7.26. The normalized spacial score (nSPS) is 18.6. The number of rotatable bonds is 2. The number of likely N-dealkylation sites (tertiary alicyclic amines) is 1. The van der Waals surface area contributed by atoms with Gasteiger partial charge in [-0.05, 0) is 57.7 Å². The standard InChI is InChI=1S/C18H25N3O2/c1-18(2,3)23-17(22)21-9-7-13(12-21)10-15-11-14-6-5-8-19-16(14)20(15)4/h5-6,8,11,13H,7,9-10,12H2,1-4H3. The highest BCUT2D eigenvalue weighted by atomic mass is 16.6. The van der Waals surface area contributed by atoms with E-state index in [4.69, 9.17) is 4.74 Å². The number of nitrogens with zero attached hydrogens (tertiary/aromatic N) is 3. The van der Waals surface area contributed by atoms with Crippen LogP contribution in [0.15, 0.2) is 24.4 Å². The number of amides is 1. The molecule has 0 bridgehead atoms. The van der Waals surface area contributed by atoms with Gasteiger partial charge in [0.1, 0.15) is 11.2 Å². The van der Waals surface area contributed by atoms with Crippen molar-refractivity contribution in [3.63, 3.8) is 0 Å². The third-order valence-electron chi connectivity index (χ3n) is 4.32. The van der Waals surface area contributed by atoms with Crippen molar-refractivity contribution >= 4 is 17.1 Å². The van der Waals surface area contributed by atoms with Crippen molar-refractivity contribution in [3.8, 4) is 0 Å². The number of fused-ring (bicyclic) bond motifs is 1. The van der Waals surface area contributed by atoms with Gasteiger partial charge in [0.2, 0.25) is 0 Å². The second kappa shape index (κ2) is 5.87. The summed E-state index contributed by atoms with van der Waals surface area (Å²) in [6.07, 6.45) is 3.62. The maximum absolute atomic E-state index is 12.2. The van der Waals surface area contributed by atoms with Crippen molar-refractivity contribution in [2.75, 3.05) is 13.1 Å². The molecule has 0 aromatic carbocycles. The first-order chi connectivity index (χ1) is 10.8. The third-order valence-corrected chi connectivity index (χ3v) is 4.32. The second-order valence-corrected chi connectivity index (χ2v) is 7.40. The molecule has 2 aromatic heterocycles. The summed E-state index contributed by atoms with van der Waals surface area (Å²) in [4.78, 5) is 18.4. The lowest BCUT2D eigenvalue weighted by molar-refractivity contribution is 0.0288. The predicted octanol–water partition coefficient (Wildman–Crippen LogP) is 3.37. The molecule has 23 heavy (non-hydrogen) atoms. The summed E-state index contributed by atoms with van der Waals surface area (Å²) < 4.78 is 7.62. The number of hydrogen-bond acceptors (Lipinski definition) is 3. The quantitative estimate of drug-likeness (QED) is 0.853. The Morgan fingerprint density at radius 2 is 2.22 bits per heavy atom. The van der Waals surface area contributed by atoms with Gasteiger partial charge in [0, 0.05) is 37.4 Å². The Bertz CT molecular complexity index is 715. The zero-order valence-corrected chi connectivity index (χ0v) is 14.4. The van der Waals surface area contributed by atoms with Gasteiger partial charge >= 0.3 is 6.09 Å². The van der Waals surface area contributed by atoms with Crippen LogP contribution in [0, 0.1) is 5.92 Å². The predicted molar refractivity (Wildman–Crippen MR) is 90.3 cm³/mol. The van der Waals surface area contributed by atoms with Gasteiger partial charge in [-0.2, -0.15) is 0 Å². The van der Waals surface area contributed by atoms with Crippen molar-refractivity contribution in [2.24, 2.45) is 13.0 Å². The Morgan fingerprint density at radius 1 is 1.43 bits per heavy atom. The number of aryl methyl sites for hydroxylation is 1. The summed E-state index contributed by atoms with van der Waals surface area (Å²) in [5.41, 5.74) is 1.86. The molecule has 0 spiro atoms. The molecule has 1 aliphatic heterocycles. The second-order valence-electron chi connectivity index (χ2n) is 7.40. The maximum Gasteiger partial charge on any atom is 0.410 e. The van der Waals surface area contributed by atoms with Crippen LogP contribution < -0.4 is 0 Å². The van der Waals surface area contributed by atoms with E-state index in [0.717, 1.165) is 31.6 Å². The van der Waals surface area contributed by atoms with Gasteiger partial charge in [0.05, 0.1) is 0 Å². The number of carbonyl (C=O) groups excluding carboxylic acids is 1. The Kier molecular flexibility index (Phi) is 4.04. The fourth-order valence-electron chi connectivity index (χ4n) is 3.20. The molecular weight excluding hydrogens is 290 g/mol. The summed E-state index contributed by atoms with van der Waals surface area (Å²) in [5, 5.41) is 1.17. The summed E-state index contributed by atoms with van der Waals surface area (Å²) in [7, 11) is 2.06. The minimum Gasteiger partial charge on any atom is -0.444 e. The SMILES string of the molecule is Cn1c(CC2CCN(C(=O)OC(C)(C)C)C2)cc2cccnc21. The van der Waals surface area contributed by atoms with Crippen LogP contribution in [-0.4, -0.2) is 39.2 Å². The molecule has 1 amide bonds. The average Bonchev–Trinajstić information content (AvgIpc) is 3.04. The van der Waals surface area contributed by atoms with Gasteiger partial charge in [-0.3, -0.25) is 0 Å².